The lowest BCUT2D eigenvalue weighted by molar-refractivity contribution is -0.110. The van der Waals surface area contributed by atoms with Crippen LogP contribution >= 0.6 is 0 Å². The average molecular weight is 141 g/mol. The lowest BCUT2D eigenvalue weighted by atomic mass is 10.1. The lowest BCUT2D eigenvalue weighted by Crippen LogP contribution is -2.29. The largest absolute Gasteiger partial charge is 0.356 e. The number of amides is 1. The van der Waals surface area contributed by atoms with Crippen LogP contribution in [0.2, 0.25) is 0 Å². The van der Waals surface area contributed by atoms with Gasteiger partial charge in [0.15, 0.2) is 0 Å². The maximum absolute atomic E-state index is 10.1. The number of hydrogen-bond acceptors (Lipinski definition) is 1. The molecule has 0 aliphatic heterocycles. The maximum Gasteiger partial charge on any atom is 0.207 e. The molecular weight excluding hydrogens is 126 g/mol. The monoisotopic (exact) mass is 141 g/mol. The molecule has 58 valence electrons. The van der Waals surface area contributed by atoms with Crippen LogP contribution in [0.5, 0.6) is 0 Å². The van der Waals surface area contributed by atoms with Gasteiger partial charge in [-0.05, 0) is 24.7 Å². The number of hydrogen-bond donors (Lipinski definition) is 1. The minimum absolute atomic E-state index is 0.437. The van der Waals surface area contributed by atoms with Gasteiger partial charge in [0.2, 0.25) is 6.41 Å². The van der Waals surface area contributed by atoms with Crippen molar-refractivity contribution in [1.29, 1.82) is 0 Å². The Morgan fingerprint density at radius 1 is 1.40 bits per heavy atom. The first-order valence-electron chi connectivity index (χ1n) is 3.93. The van der Waals surface area contributed by atoms with E-state index in [2.05, 4.69) is 19.2 Å². The van der Waals surface area contributed by atoms with Crippen LogP contribution in [0.1, 0.15) is 26.7 Å². The second-order valence-electron chi connectivity index (χ2n) is 3.44. The van der Waals surface area contributed by atoms with Crippen LogP contribution < -0.4 is 5.32 Å². The quantitative estimate of drug-likeness (QED) is 0.574. The van der Waals surface area contributed by atoms with Crippen molar-refractivity contribution in [1.82, 2.24) is 5.32 Å². The molecule has 10 heavy (non-hydrogen) atoms. The van der Waals surface area contributed by atoms with E-state index in [-0.39, 0.29) is 0 Å². The third-order valence-corrected chi connectivity index (χ3v) is 2.40. The van der Waals surface area contributed by atoms with Crippen LogP contribution in [0.25, 0.3) is 0 Å². The molecule has 1 amide bonds. The van der Waals surface area contributed by atoms with Crippen LogP contribution in [0.4, 0.5) is 0 Å². The summed E-state index contributed by atoms with van der Waals surface area (Å²) in [4.78, 5) is 10.1. The van der Waals surface area contributed by atoms with Crippen molar-refractivity contribution in [2.75, 3.05) is 0 Å². The fraction of sp³-hybridized carbons (Fsp3) is 0.875. The Morgan fingerprint density at radius 3 is 2.50 bits per heavy atom. The third-order valence-electron chi connectivity index (χ3n) is 2.40. The average Bonchev–Trinajstić information content (AvgIpc) is 2.13. The molecule has 2 heteroatoms. The third kappa shape index (κ3) is 1.49. The molecule has 0 heterocycles. The van der Waals surface area contributed by atoms with Gasteiger partial charge >= 0.3 is 0 Å². The van der Waals surface area contributed by atoms with Crippen LogP contribution in [-0.2, 0) is 4.79 Å². The standard InChI is InChI=1S/C8H15NO/c1-6-3-7(2)8(4-6)9-5-10/h5-8H,3-4H2,1-2H3,(H,9,10). The highest BCUT2D eigenvalue weighted by atomic mass is 16.1. The first kappa shape index (κ1) is 7.58. The molecule has 3 atom stereocenters. The minimum atomic E-state index is 0.437. The van der Waals surface area contributed by atoms with Crippen molar-refractivity contribution < 1.29 is 4.79 Å². The van der Waals surface area contributed by atoms with Crippen molar-refractivity contribution in [3.05, 3.63) is 0 Å². The van der Waals surface area contributed by atoms with Gasteiger partial charge in [-0.25, -0.2) is 0 Å². The van der Waals surface area contributed by atoms with E-state index in [1.54, 1.807) is 0 Å². The van der Waals surface area contributed by atoms with E-state index in [1.807, 2.05) is 0 Å². The van der Waals surface area contributed by atoms with Crippen LogP contribution in [0.15, 0.2) is 0 Å². The molecule has 1 N–H and O–H groups in total. The zero-order valence-corrected chi connectivity index (χ0v) is 6.63. The summed E-state index contributed by atoms with van der Waals surface area (Å²) in [6.07, 6.45) is 3.23. The molecule has 0 bridgehead atoms. The topological polar surface area (TPSA) is 29.1 Å². The summed E-state index contributed by atoms with van der Waals surface area (Å²) in [7, 11) is 0. The van der Waals surface area contributed by atoms with Crippen molar-refractivity contribution in [2.45, 2.75) is 32.7 Å². The number of carbonyl (C=O) groups excluding carboxylic acids is 1. The van der Waals surface area contributed by atoms with Gasteiger partial charge < -0.3 is 5.32 Å². The van der Waals surface area contributed by atoms with E-state index >= 15 is 0 Å². The number of rotatable bonds is 2. The molecule has 1 aliphatic rings. The molecule has 0 aromatic carbocycles. The fourth-order valence-corrected chi connectivity index (χ4v) is 1.88. The Kier molecular flexibility index (Phi) is 2.30. The summed E-state index contributed by atoms with van der Waals surface area (Å²) < 4.78 is 0. The van der Waals surface area contributed by atoms with E-state index in [9.17, 15) is 4.79 Å². The molecule has 1 rings (SSSR count). The van der Waals surface area contributed by atoms with Gasteiger partial charge in [0.05, 0.1) is 0 Å². The van der Waals surface area contributed by atoms with Crippen molar-refractivity contribution in [2.24, 2.45) is 11.8 Å². The zero-order chi connectivity index (χ0) is 7.56. The van der Waals surface area contributed by atoms with Gasteiger partial charge in [-0.2, -0.15) is 0 Å². The molecule has 0 saturated heterocycles. The second kappa shape index (κ2) is 3.04. The molecule has 1 aliphatic carbocycles. The number of carbonyl (C=O) groups is 1. The van der Waals surface area contributed by atoms with E-state index in [0.29, 0.717) is 12.0 Å². The normalized spacial score (nSPS) is 39.6. The smallest absolute Gasteiger partial charge is 0.207 e. The van der Waals surface area contributed by atoms with Gasteiger partial charge in [0.25, 0.3) is 0 Å². The van der Waals surface area contributed by atoms with E-state index in [0.717, 1.165) is 18.7 Å². The van der Waals surface area contributed by atoms with Crippen molar-refractivity contribution >= 4 is 6.41 Å². The van der Waals surface area contributed by atoms with Gasteiger partial charge in [-0.3, -0.25) is 4.79 Å². The Balaban J connectivity index is 2.38. The van der Waals surface area contributed by atoms with Crippen molar-refractivity contribution in [3.63, 3.8) is 0 Å². The minimum Gasteiger partial charge on any atom is -0.356 e. The lowest BCUT2D eigenvalue weighted by Gasteiger charge is -2.12. The molecule has 0 spiro atoms. The van der Waals surface area contributed by atoms with Gasteiger partial charge in [0.1, 0.15) is 0 Å². The summed E-state index contributed by atoms with van der Waals surface area (Å²) in [5.41, 5.74) is 0. The van der Waals surface area contributed by atoms with Gasteiger partial charge in [-0.15, -0.1) is 0 Å². The van der Waals surface area contributed by atoms with Crippen LogP contribution in [0.3, 0.4) is 0 Å². The molecule has 1 fully saturated rings. The zero-order valence-electron chi connectivity index (χ0n) is 6.63. The molecule has 1 saturated carbocycles. The highest BCUT2D eigenvalue weighted by Gasteiger charge is 2.27. The first-order chi connectivity index (χ1) is 4.74. The summed E-state index contributed by atoms with van der Waals surface area (Å²) >= 11 is 0. The molecule has 0 aromatic heterocycles. The molecule has 3 unspecified atom stereocenters. The Hall–Kier alpha value is -0.530. The molecule has 2 nitrogen and oxygen atoms in total. The summed E-state index contributed by atoms with van der Waals surface area (Å²) in [5, 5.41) is 2.84. The summed E-state index contributed by atoms with van der Waals surface area (Å²) in [6, 6.07) is 0.437. The summed E-state index contributed by atoms with van der Waals surface area (Å²) in [5.74, 6) is 1.45. The molecular formula is C8H15NO. The second-order valence-corrected chi connectivity index (χ2v) is 3.44. The predicted octanol–water partition coefficient (Wildman–Crippen LogP) is 1.17. The highest BCUT2D eigenvalue weighted by molar-refractivity contribution is 5.46. The Bertz CT molecular complexity index is 124. The predicted molar refractivity (Wildman–Crippen MR) is 40.5 cm³/mol. The Morgan fingerprint density at radius 2 is 2.10 bits per heavy atom. The van der Waals surface area contributed by atoms with Crippen molar-refractivity contribution in [3.8, 4) is 0 Å². The first-order valence-corrected chi connectivity index (χ1v) is 3.93. The Labute approximate surface area is 62.0 Å². The molecule has 0 aromatic rings. The number of nitrogens with one attached hydrogen (secondary N) is 1. The maximum atomic E-state index is 10.1. The van der Waals surface area contributed by atoms with E-state index in [1.165, 1.54) is 6.42 Å². The fourth-order valence-electron chi connectivity index (χ4n) is 1.88. The van der Waals surface area contributed by atoms with Gasteiger partial charge in [0, 0.05) is 6.04 Å². The van der Waals surface area contributed by atoms with E-state index in [4.69, 9.17) is 0 Å². The van der Waals surface area contributed by atoms with Crippen LogP contribution in [-0.4, -0.2) is 12.5 Å². The van der Waals surface area contributed by atoms with E-state index < -0.39 is 0 Å². The summed E-state index contributed by atoms with van der Waals surface area (Å²) in [6.45, 7) is 4.44. The van der Waals surface area contributed by atoms with Gasteiger partial charge in [-0.1, -0.05) is 13.8 Å². The molecule has 0 radical (unpaired) electrons. The highest BCUT2D eigenvalue weighted by Crippen LogP contribution is 2.29. The van der Waals surface area contributed by atoms with Crippen LogP contribution in [0, 0.1) is 11.8 Å². The SMILES string of the molecule is CC1CC(C)C(NC=O)C1.